The molecule has 2 aromatic rings. The summed E-state index contributed by atoms with van der Waals surface area (Å²) in [6.07, 6.45) is 2.82. The Hall–Kier alpha value is -2.86. The maximum atomic E-state index is 13.9. The lowest BCUT2D eigenvalue weighted by Gasteiger charge is -2.49. The molecule has 170 valence electrons. The summed E-state index contributed by atoms with van der Waals surface area (Å²) < 4.78 is 24.8. The van der Waals surface area contributed by atoms with Crippen LogP contribution in [0, 0.1) is 19.7 Å². The van der Waals surface area contributed by atoms with Gasteiger partial charge in [-0.25, -0.2) is 4.39 Å². The second kappa shape index (κ2) is 9.33. The van der Waals surface area contributed by atoms with E-state index < -0.39 is 0 Å². The topological polar surface area (TPSA) is 42.0 Å². The number of carbonyl (C=O) groups excluding carboxylic acids is 1. The van der Waals surface area contributed by atoms with Gasteiger partial charge in [0.15, 0.2) is 11.6 Å². The van der Waals surface area contributed by atoms with E-state index in [2.05, 4.69) is 36.3 Å². The predicted molar refractivity (Wildman–Crippen MR) is 124 cm³/mol. The lowest BCUT2D eigenvalue weighted by molar-refractivity contribution is -0.125. The van der Waals surface area contributed by atoms with Crippen LogP contribution in [0.1, 0.15) is 35.6 Å². The zero-order valence-corrected chi connectivity index (χ0v) is 19.1. The van der Waals surface area contributed by atoms with Crippen LogP contribution in [0.4, 0.5) is 10.1 Å². The van der Waals surface area contributed by atoms with Crippen molar-refractivity contribution in [1.82, 2.24) is 4.90 Å². The Kier molecular flexibility index (Phi) is 6.51. The second-order valence-corrected chi connectivity index (χ2v) is 8.62. The summed E-state index contributed by atoms with van der Waals surface area (Å²) in [7, 11) is 1.47. The van der Waals surface area contributed by atoms with Crippen molar-refractivity contribution in [2.45, 2.75) is 38.8 Å². The number of benzene rings is 2. The number of hydrogen-bond donors (Lipinski definition) is 0. The van der Waals surface area contributed by atoms with Crippen molar-refractivity contribution in [1.29, 1.82) is 0 Å². The van der Waals surface area contributed by atoms with Gasteiger partial charge in [0.25, 0.3) is 0 Å². The van der Waals surface area contributed by atoms with Crippen LogP contribution in [0.15, 0.2) is 43.0 Å². The Morgan fingerprint density at radius 2 is 1.94 bits per heavy atom. The third kappa shape index (κ3) is 4.24. The molecule has 4 rings (SSSR count). The van der Waals surface area contributed by atoms with E-state index in [1.54, 1.807) is 18.2 Å². The Balaban J connectivity index is 1.57. The first-order valence-corrected chi connectivity index (χ1v) is 11.1. The summed E-state index contributed by atoms with van der Waals surface area (Å²) in [6.45, 7) is 10.8. The van der Waals surface area contributed by atoms with Crippen molar-refractivity contribution < 1.29 is 18.7 Å². The molecule has 0 saturated carbocycles. The van der Waals surface area contributed by atoms with Crippen molar-refractivity contribution in [3.8, 4) is 11.5 Å². The van der Waals surface area contributed by atoms with E-state index in [4.69, 9.17) is 9.47 Å². The van der Waals surface area contributed by atoms with Crippen molar-refractivity contribution >= 4 is 11.5 Å². The number of ether oxygens (including phenoxy) is 2. The Labute approximate surface area is 189 Å². The summed E-state index contributed by atoms with van der Waals surface area (Å²) >= 11 is 0. The molecule has 0 radical (unpaired) electrons. The van der Waals surface area contributed by atoms with E-state index in [1.165, 1.54) is 24.3 Å². The van der Waals surface area contributed by atoms with Gasteiger partial charge in [-0.1, -0.05) is 18.7 Å². The standard InChI is InChI=1S/C26H31FN2O3/c1-5-12-32-25-9-7-22(17(2)18(25)3)24-15-21(30)13-20-16-28(10-11-29(20)24)19-6-8-23(27)26(14-19)31-4/h5-9,14,20,24H,1,10-13,15-16H2,2-4H3/t20?,24-/m1/s1. The SMILES string of the molecule is C=CCOc1ccc([C@H]2CC(=O)CC3CN(c4ccc(F)c(OC)c4)CCN32)c(C)c1C. The van der Waals surface area contributed by atoms with Crippen molar-refractivity contribution in [3.05, 3.63) is 65.5 Å². The fourth-order valence-electron chi connectivity index (χ4n) is 4.99. The molecule has 2 aliphatic rings. The van der Waals surface area contributed by atoms with Crippen molar-refractivity contribution in [3.63, 3.8) is 0 Å². The van der Waals surface area contributed by atoms with E-state index >= 15 is 0 Å². The normalized spacial score (nSPS) is 21.2. The Bertz CT molecular complexity index is 1020. The molecule has 0 bridgehead atoms. The van der Waals surface area contributed by atoms with Crippen LogP contribution >= 0.6 is 0 Å². The minimum absolute atomic E-state index is 0.0679. The number of fused-ring (bicyclic) bond motifs is 1. The van der Waals surface area contributed by atoms with Gasteiger partial charge in [0.1, 0.15) is 18.1 Å². The second-order valence-electron chi connectivity index (χ2n) is 8.62. The molecule has 2 aliphatic heterocycles. The highest BCUT2D eigenvalue weighted by Crippen LogP contribution is 2.39. The van der Waals surface area contributed by atoms with Crippen LogP contribution in [-0.2, 0) is 4.79 Å². The number of carbonyl (C=O) groups is 1. The van der Waals surface area contributed by atoms with Crippen molar-refractivity contribution in [2.24, 2.45) is 0 Å². The van der Waals surface area contributed by atoms with Crippen LogP contribution in [0.2, 0.25) is 0 Å². The first-order valence-electron chi connectivity index (χ1n) is 11.1. The number of piperidine rings is 1. The molecular weight excluding hydrogens is 407 g/mol. The molecule has 2 heterocycles. The number of hydrogen-bond acceptors (Lipinski definition) is 5. The number of methoxy groups -OCH3 is 1. The highest BCUT2D eigenvalue weighted by atomic mass is 19.1. The average Bonchev–Trinajstić information content (AvgIpc) is 2.79. The first kappa shape index (κ1) is 22.3. The number of Topliss-reactive ketones (excluding diaryl/α,β-unsaturated/α-hetero) is 1. The molecule has 5 nitrogen and oxygen atoms in total. The molecule has 2 saturated heterocycles. The zero-order valence-electron chi connectivity index (χ0n) is 19.1. The summed E-state index contributed by atoms with van der Waals surface area (Å²) in [6, 6.07) is 9.28. The van der Waals surface area contributed by atoms with E-state index in [-0.39, 0.29) is 23.7 Å². The summed E-state index contributed by atoms with van der Waals surface area (Å²) in [5.74, 6) is 1.03. The quantitative estimate of drug-likeness (QED) is 0.616. The van der Waals surface area contributed by atoms with Gasteiger partial charge in [-0.15, -0.1) is 0 Å². The average molecular weight is 439 g/mol. The van der Waals surface area contributed by atoms with Crippen LogP contribution in [0.5, 0.6) is 11.5 Å². The number of halogens is 1. The van der Waals surface area contributed by atoms with Gasteiger partial charge in [0, 0.05) is 56.3 Å². The molecule has 6 heteroatoms. The predicted octanol–water partition coefficient (Wildman–Crippen LogP) is 4.61. The minimum Gasteiger partial charge on any atom is -0.494 e. The smallest absolute Gasteiger partial charge is 0.165 e. The van der Waals surface area contributed by atoms with Gasteiger partial charge < -0.3 is 14.4 Å². The molecule has 0 aliphatic carbocycles. The van der Waals surface area contributed by atoms with E-state index in [0.29, 0.717) is 25.2 Å². The molecular formula is C26H31FN2O3. The van der Waals surface area contributed by atoms with Crippen LogP contribution < -0.4 is 14.4 Å². The first-order chi connectivity index (χ1) is 15.4. The van der Waals surface area contributed by atoms with E-state index in [1.807, 2.05) is 6.07 Å². The summed E-state index contributed by atoms with van der Waals surface area (Å²) in [5.41, 5.74) is 4.41. The molecule has 1 unspecified atom stereocenters. The highest BCUT2D eigenvalue weighted by molar-refractivity contribution is 5.81. The van der Waals surface area contributed by atoms with Crippen LogP contribution in [0.25, 0.3) is 0 Å². The van der Waals surface area contributed by atoms with Gasteiger partial charge in [-0.2, -0.15) is 0 Å². The highest BCUT2D eigenvalue weighted by Gasteiger charge is 2.39. The van der Waals surface area contributed by atoms with Gasteiger partial charge >= 0.3 is 0 Å². The fourth-order valence-corrected chi connectivity index (χ4v) is 4.99. The molecule has 0 spiro atoms. The van der Waals surface area contributed by atoms with Crippen LogP contribution in [-0.4, -0.2) is 50.1 Å². The number of anilines is 1. The molecule has 2 aromatic carbocycles. The third-order valence-corrected chi connectivity index (χ3v) is 6.81. The van der Waals surface area contributed by atoms with Gasteiger partial charge in [0.2, 0.25) is 0 Å². The summed E-state index contributed by atoms with van der Waals surface area (Å²) in [4.78, 5) is 17.4. The third-order valence-electron chi connectivity index (χ3n) is 6.81. The van der Waals surface area contributed by atoms with Gasteiger partial charge in [0.05, 0.1) is 7.11 Å². The molecule has 0 amide bonds. The van der Waals surface area contributed by atoms with Gasteiger partial charge in [-0.05, 0) is 48.7 Å². The monoisotopic (exact) mass is 438 g/mol. The maximum absolute atomic E-state index is 13.9. The molecule has 0 N–H and O–H groups in total. The lowest BCUT2D eigenvalue weighted by Crippen LogP contribution is -2.57. The maximum Gasteiger partial charge on any atom is 0.165 e. The zero-order chi connectivity index (χ0) is 22.8. The van der Waals surface area contributed by atoms with Crippen LogP contribution in [0.3, 0.4) is 0 Å². The number of piperazine rings is 1. The molecule has 2 atom stereocenters. The number of rotatable bonds is 6. The van der Waals surface area contributed by atoms with E-state index in [0.717, 1.165) is 36.6 Å². The molecule has 0 aromatic heterocycles. The summed E-state index contributed by atoms with van der Waals surface area (Å²) in [5, 5.41) is 0. The Morgan fingerprint density at radius 1 is 1.12 bits per heavy atom. The molecule has 32 heavy (non-hydrogen) atoms. The minimum atomic E-state index is -0.367. The largest absolute Gasteiger partial charge is 0.494 e. The molecule has 2 fully saturated rings. The van der Waals surface area contributed by atoms with Gasteiger partial charge in [-0.3, -0.25) is 9.69 Å². The Morgan fingerprint density at radius 3 is 2.69 bits per heavy atom. The lowest BCUT2D eigenvalue weighted by atomic mass is 9.85. The van der Waals surface area contributed by atoms with E-state index in [9.17, 15) is 9.18 Å². The number of ketones is 1. The van der Waals surface area contributed by atoms with Crippen molar-refractivity contribution in [2.75, 3.05) is 38.3 Å². The number of nitrogens with zero attached hydrogens (tertiary/aromatic N) is 2. The fraction of sp³-hybridized carbons (Fsp3) is 0.423.